The van der Waals surface area contributed by atoms with Gasteiger partial charge in [-0.3, -0.25) is 0 Å². The third-order valence-corrected chi connectivity index (χ3v) is 4.43. The molecule has 9 nitrogen and oxygen atoms in total. The van der Waals surface area contributed by atoms with Crippen molar-refractivity contribution in [2.75, 3.05) is 25.0 Å². The Kier molecular flexibility index (Phi) is 5.46. The molecular formula is C14H19F3N4O5S. The van der Waals surface area contributed by atoms with E-state index in [4.69, 9.17) is 4.74 Å². The van der Waals surface area contributed by atoms with Gasteiger partial charge in [-0.2, -0.15) is 26.6 Å². The molecule has 27 heavy (non-hydrogen) atoms. The molecule has 0 saturated carbocycles. The Bertz CT molecular complexity index is 804. The van der Waals surface area contributed by atoms with Crippen LogP contribution in [0.25, 0.3) is 0 Å². The summed E-state index contributed by atoms with van der Waals surface area (Å²) in [7, 11) is -4.26. The lowest BCUT2D eigenvalue weighted by Gasteiger charge is -2.43. The highest BCUT2D eigenvalue weighted by Crippen LogP contribution is 2.27. The second-order valence-electron chi connectivity index (χ2n) is 6.83. The van der Waals surface area contributed by atoms with Crippen LogP contribution in [0.15, 0.2) is 12.3 Å². The number of likely N-dealkylation sites (N-methyl/N-ethyl adjacent to an activating group) is 1. The molecule has 0 aromatic carbocycles. The fourth-order valence-corrected chi connectivity index (χ4v) is 2.46. The molecule has 1 amide bonds. The van der Waals surface area contributed by atoms with E-state index in [0.717, 1.165) is 12.3 Å². The van der Waals surface area contributed by atoms with Crippen LogP contribution in [0.2, 0.25) is 0 Å². The number of anilines is 1. The topological polar surface area (TPSA) is 102 Å². The fraction of sp³-hybridized carbons (Fsp3) is 0.643. The quantitative estimate of drug-likeness (QED) is 0.545. The summed E-state index contributed by atoms with van der Waals surface area (Å²) in [5, 5.41) is 0. The maximum atomic E-state index is 12.4. The number of amides is 1. The molecule has 0 atom stereocenters. The number of alkyl halides is 3. The highest BCUT2D eigenvalue weighted by atomic mass is 32.2. The van der Waals surface area contributed by atoms with Crippen molar-refractivity contribution in [1.29, 1.82) is 0 Å². The summed E-state index contributed by atoms with van der Waals surface area (Å²) in [6.45, 7) is 5.80. The first-order valence-electron chi connectivity index (χ1n) is 7.74. The lowest BCUT2D eigenvalue weighted by atomic mass is 10.1. The number of nitrogens with zero attached hydrogens (tertiary/aromatic N) is 4. The Morgan fingerprint density at radius 1 is 1.30 bits per heavy atom. The first-order valence-corrected chi connectivity index (χ1v) is 9.15. The van der Waals surface area contributed by atoms with Gasteiger partial charge in [0.2, 0.25) is 11.8 Å². The molecule has 1 aromatic rings. The van der Waals surface area contributed by atoms with Gasteiger partial charge in [-0.1, -0.05) is 0 Å². The minimum atomic E-state index is -5.82. The van der Waals surface area contributed by atoms with Gasteiger partial charge in [0, 0.05) is 32.4 Å². The molecule has 13 heteroatoms. The fourth-order valence-electron chi connectivity index (χ4n) is 2.05. The molecule has 1 fully saturated rings. The van der Waals surface area contributed by atoms with Gasteiger partial charge in [0.05, 0.1) is 6.04 Å². The van der Waals surface area contributed by atoms with Gasteiger partial charge >= 0.3 is 21.7 Å². The minimum Gasteiger partial charge on any atom is -0.444 e. The Morgan fingerprint density at radius 2 is 1.89 bits per heavy atom. The maximum Gasteiger partial charge on any atom is 0.534 e. The summed E-state index contributed by atoms with van der Waals surface area (Å²) in [5.74, 6) is -0.800. The molecule has 0 aliphatic carbocycles. The highest BCUT2D eigenvalue weighted by Gasteiger charge is 2.49. The summed E-state index contributed by atoms with van der Waals surface area (Å²) in [6.07, 6.45) is 0.589. The van der Waals surface area contributed by atoms with Crippen LogP contribution in [0.1, 0.15) is 20.8 Å². The van der Waals surface area contributed by atoms with E-state index in [9.17, 15) is 26.4 Å². The van der Waals surface area contributed by atoms with Crippen molar-refractivity contribution < 1.29 is 35.3 Å². The lowest BCUT2D eigenvalue weighted by Crippen LogP contribution is -2.61. The van der Waals surface area contributed by atoms with Gasteiger partial charge in [-0.15, -0.1) is 0 Å². The Hall–Kier alpha value is -2.31. The predicted octanol–water partition coefficient (Wildman–Crippen LogP) is 1.76. The van der Waals surface area contributed by atoms with Crippen LogP contribution in [0.4, 0.5) is 23.9 Å². The van der Waals surface area contributed by atoms with Gasteiger partial charge in [0.25, 0.3) is 0 Å². The van der Waals surface area contributed by atoms with Crippen LogP contribution in [-0.2, 0) is 14.9 Å². The molecular weight excluding hydrogens is 393 g/mol. The van der Waals surface area contributed by atoms with Crippen molar-refractivity contribution in [3.8, 4) is 5.88 Å². The third-order valence-electron chi connectivity index (χ3n) is 3.47. The van der Waals surface area contributed by atoms with Crippen molar-refractivity contribution in [2.45, 2.75) is 37.9 Å². The van der Waals surface area contributed by atoms with Crippen LogP contribution in [0, 0.1) is 0 Å². The Balaban J connectivity index is 2.01. The molecule has 0 spiro atoms. The Labute approximate surface area is 154 Å². The second-order valence-corrected chi connectivity index (χ2v) is 8.37. The SMILES string of the molecule is CN(c1nccc(OS(=O)(=O)C(F)(F)F)n1)C1CN(C(=O)OC(C)(C)C)C1. The van der Waals surface area contributed by atoms with Gasteiger partial charge in [-0.25, -0.2) is 9.78 Å². The smallest absolute Gasteiger partial charge is 0.444 e. The van der Waals surface area contributed by atoms with Gasteiger partial charge in [0.15, 0.2) is 0 Å². The zero-order chi connectivity index (χ0) is 20.6. The van der Waals surface area contributed by atoms with Crippen LogP contribution < -0.4 is 9.08 Å². The van der Waals surface area contributed by atoms with Crippen LogP contribution in [0.3, 0.4) is 0 Å². The first-order chi connectivity index (χ1) is 12.2. The summed E-state index contributed by atoms with van der Waals surface area (Å²) >= 11 is 0. The van der Waals surface area contributed by atoms with E-state index in [1.54, 1.807) is 27.8 Å². The highest BCUT2D eigenvalue weighted by molar-refractivity contribution is 7.87. The van der Waals surface area contributed by atoms with Crippen molar-refractivity contribution in [1.82, 2.24) is 14.9 Å². The summed E-state index contributed by atoms with van der Waals surface area (Å²) in [5.41, 5.74) is -6.20. The second kappa shape index (κ2) is 7.02. The molecule has 0 N–H and O–H groups in total. The number of carbonyl (C=O) groups excluding carboxylic acids is 1. The van der Waals surface area contributed by atoms with Crippen molar-refractivity contribution in [3.05, 3.63) is 12.3 Å². The van der Waals surface area contributed by atoms with Gasteiger partial charge < -0.3 is 18.7 Å². The maximum absolute atomic E-state index is 12.4. The van der Waals surface area contributed by atoms with E-state index in [-0.39, 0.29) is 12.0 Å². The molecule has 1 aliphatic rings. The summed E-state index contributed by atoms with van der Waals surface area (Å²) in [4.78, 5) is 22.4. The molecule has 0 radical (unpaired) electrons. The van der Waals surface area contributed by atoms with E-state index >= 15 is 0 Å². The average Bonchev–Trinajstić information content (AvgIpc) is 2.42. The zero-order valence-corrected chi connectivity index (χ0v) is 15.8. The molecule has 1 aromatic heterocycles. The third kappa shape index (κ3) is 5.11. The standard InChI is InChI=1S/C14H19F3N4O5S/c1-13(2,3)25-12(22)21-7-9(8-21)20(4)11-18-6-5-10(19-11)26-27(23,24)14(15,16)17/h5-6,9H,7-8H2,1-4H3. The minimum absolute atomic E-state index is 0.0429. The molecule has 2 heterocycles. The molecule has 152 valence electrons. The van der Waals surface area contributed by atoms with Crippen molar-refractivity contribution >= 4 is 22.2 Å². The normalized spacial score (nSPS) is 15.9. The number of ether oxygens (including phenoxy) is 1. The monoisotopic (exact) mass is 412 g/mol. The summed E-state index contributed by atoms with van der Waals surface area (Å²) in [6, 6.07) is 0.681. The average molecular weight is 412 g/mol. The zero-order valence-electron chi connectivity index (χ0n) is 15.0. The van der Waals surface area contributed by atoms with Gasteiger partial charge in [0.1, 0.15) is 5.60 Å². The molecule has 0 unspecified atom stereocenters. The molecule has 1 aliphatic heterocycles. The van der Waals surface area contributed by atoms with Crippen molar-refractivity contribution in [2.24, 2.45) is 0 Å². The number of hydrogen-bond donors (Lipinski definition) is 0. The number of hydrogen-bond acceptors (Lipinski definition) is 8. The van der Waals surface area contributed by atoms with Crippen LogP contribution in [0.5, 0.6) is 5.88 Å². The van der Waals surface area contributed by atoms with Gasteiger partial charge in [-0.05, 0) is 20.8 Å². The Morgan fingerprint density at radius 3 is 2.41 bits per heavy atom. The van der Waals surface area contributed by atoms with E-state index < -0.39 is 33.2 Å². The number of carbonyl (C=O) groups is 1. The molecule has 2 rings (SSSR count). The van der Waals surface area contributed by atoms with E-state index in [1.165, 1.54) is 9.80 Å². The lowest BCUT2D eigenvalue weighted by molar-refractivity contribution is -0.0501. The predicted molar refractivity (Wildman–Crippen MR) is 87.6 cm³/mol. The van der Waals surface area contributed by atoms with Crippen LogP contribution >= 0.6 is 0 Å². The first kappa shape index (κ1) is 21.0. The van der Waals surface area contributed by atoms with E-state index in [0.29, 0.717) is 13.1 Å². The molecule has 0 bridgehead atoms. The van der Waals surface area contributed by atoms with E-state index in [2.05, 4.69) is 14.2 Å². The number of rotatable bonds is 4. The summed E-state index contributed by atoms with van der Waals surface area (Å²) < 4.78 is 68.5. The number of aromatic nitrogens is 2. The van der Waals surface area contributed by atoms with Crippen molar-refractivity contribution in [3.63, 3.8) is 0 Å². The number of halogens is 3. The molecule has 1 saturated heterocycles. The van der Waals surface area contributed by atoms with Crippen LogP contribution in [-0.4, -0.2) is 66.7 Å². The largest absolute Gasteiger partial charge is 0.534 e. The van der Waals surface area contributed by atoms with E-state index in [1.807, 2.05) is 0 Å². The number of likely N-dealkylation sites (tertiary alicyclic amines) is 1.